The number of primary sulfonamides is 1. The minimum absolute atomic E-state index is 0.0430. The predicted octanol–water partition coefficient (Wildman–Crippen LogP) is 1.25. The molecule has 0 amide bonds. The summed E-state index contributed by atoms with van der Waals surface area (Å²) >= 11 is 0. The number of nitrogens with two attached hydrogens (primary N) is 1. The van der Waals surface area contributed by atoms with Crippen LogP contribution in [0.15, 0.2) is 23.1 Å². The van der Waals surface area contributed by atoms with Gasteiger partial charge < -0.3 is 9.64 Å². The summed E-state index contributed by atoms with van der Waals surface area (Å²) in [6.45, 7) is 4.77. The molecule has 0 aliphatic heterocycles. The fourth-order valence-corrected chi connectivity index (χ4v) is 2.36. The van der Waals surface area contributed by atoms with Gasteiger partial charge in [0.1, 0.15) is 0 Å². The van der Waals surface area contributed by atoms with Crippen LogP contribution in [0.1, 0.15) is 29.8 Å². The van der Waals surface area contributed by atoms with Gasteiger partial charge in [-0.2, -0.15) is 0 Å². The van der Waals surface area contributed by atoms with Crippen LogP contribution in [0.3, 0.4) is 0 Å². The number of esters is 1. The lowest BCUT2D eigenvalue weighted by atomic mass is 10.1. The molecule has 1 aromatic carbocycles. The number of rotatable bonds is 5. The van der Waals surface area contributed by atoms with Crippen molar-refractivity contribution in [2.45, 2.75) is 25.2 Å². The molecule has 0 aliphatic rings. The van der Waals surface area contributed by atoms with Crippen molar-refractivity contribution in [1.82, 2.24) is 4.90 Å². The highest BCUT2D eigenvalue weighted by atomic mass is 32.2. The fraction of sp³-hybridized carbons (Fsp3) is 0.500. The molecule has 0 bridgehead atoms. The zero-order valence-corrected chi connectivity index (χ0v) is 14.0. The van der Waals surface area contributed by atoms with E-state index in [1.807, 2.05) is 32.8 Å². The van der Waals surface area contributed by atoms with E-state index in [-0.39, 0.29) is 10.5 Å². The summed E-state index contributed by atoms with van der Waals surface area (Å²) in [6.07, 6.45) is 0.664. The summed E-state index contributed by atoms with van der Waals surface area (Å²) in [5.74, 6) is -0.719. The maximum atomic E-state index is 11.5. The van der Waals surface area contributed by atoms with Gasteiger partial charge in [0, 0.05) is 6.54 Å². The molecule has 0 saturated heterocycles. The number of methoxy groups -OCH3 is 1. The van der Waals surface area contributed by atoms with E-state index in [1.165, 1.54) is 19.2 Å². The molecule has 0 fully saturated rings. The van der Waals surface area contributed by atoms with E-state index in [0.29, 0.717) is 6.42 Å². The molecule has 0 aliphatic carbocycles. The van der Waals surface area contributed by atoms with Crippen molar-refractivity contribution in [3.8, 4) is 0 Å². The highest BCUT2D eigenvalue weighted by Gasteiger charge is 2.20. The highest BCUT2D eigenvalue weighted by Crippen LogP contribution is 2.18. The van der Waals surface area contributed by atoms with E-state index >= 15 is 0 Å². The summed E-state index contributed by atoms with van der Waals surface area (Å²) in [5, 5.41) is 5.13. The van der Waals surface area contributed by atoms with Gasteiger partial charge in [0.05, 0.1) is 17.6 Å². The lowest BCUT2D eigenvalue weighted by Gasteiger charge is -2.11. The second-order valence-corrected chi connectivity index (χ2v) is 5.95. The molecule has 0 aromatic heterocycles. The van der Waals surface area contributed by atoms with Gasteiger partial charge in [0.25, 0.3) is 0 Å². The number of likely N-dealkylation sites (N-methyl/N-ethyl adjacent to an activating group) is 1. The molecule has 0 spiro atoms. The number of ether oxygens (including phenoxy) is 1. The zero-order valence-electron chi connectivity index (χ0n) is 13.2. The van der Waals surface area contributed by atoms with Crippen LogP contribution in [0.2, 0.25) is 0 Å². The molecule has 7 heteroatoms. The Morgan fingerprint density at radius 3 is 2.29 bits per heavy atom. The summed E-state index contributed by atoms with van der Waals surface area (Å²) in [6, 6.07) is 4.55. The molecule has 0 heterocycles. The number of hydrogen-bond donors (Lipinski definition) is 1. The van der Waals surface area contributed by atoms with Gasteiger partial charge in [0.2, 0.25) is 10.0 Å². The van der Waals surface area contributed by atoms with Gasteiger partial charge in [-0.3, -0.25) is 0 Å². The van der Waals surface area contributed by atoms with Crippen LogP contribution >= 0.6 is 0 Å². The Hall–Kier alpha value is -1.44. The molecule has 0 saturated carbocycles. The molecule has 0 atom stereocenters. The normalized spacial score (nSPS) is 10.8. The largest absolute Gasteiger partial charge is 0.465 e. The summed E-state index contributed by atoms with van der Waals surface area (Å²) in [5.41, 5.74) is 0.754. The third kappa shape index (κ3) is 6.24. The van der Waals surface area contributed by atoms with Gasteiger partial charge in [-0.1, -0.05) is 19.9 Å². The number of hydrogen-bond acceptors (Lipinski definition) is 5. The van der Waals surface area contributed by atoms with Gasteiger partial charge in [-0.15, -0.1) is 0 Å². The molecule has 6 nitrogen and oxygen atoms in total. The van der Waals surface area contributed by atoms with E-state index in [0.717, 1.165) is 12.1 Å². The molecule has 0 unspecified atom stereocenters. The lowest BCUT2D eigenvalue weighted by Crippen LogP contribution is -2.19. The second-order valence-electron chi connectivity index (χ2n) is 4.42. The minimum Gasteiger partial charge on any atom is -0.465 e. The van der Waals surface area contributed by atoms with Crippen molar-refractivity contribution >= 4 is 16.0 Å². The first kappa shape index (κ1) is 19.6. The van der Waals surface area contributed by atoms with Crippen LogP contribution in [0.5, 0.6) is 0 Å². The van der Waals surface area contributed by atoms with Gasteiger partial charge in [-0.05, 0) is 38.2 Å². The van der Waals surface area contributed by atoms with Crippen molar-refractivity contribution in [2.75, 3.05) is 27.7 Å². The van der Waals surface area contributed by atoms with Crippen LogP contribution in [0, 0.1) is 0 Å². The summed E-state index contributed by atoms with van der Waals surface area (Å²) in [7, 11) is 1.07. The van der Waals surface area contributed by atoms with E-state index < -0.39 is 16.0 Å². The predicted molar refractivity (Wildman–Crippen MR) is 82.8 cm³/mol. The number of nitrogens with zero attached hydrogens (tertiary/aromatic N) is 1. The van der Waals surface area contributed by atoms with E-state index in [1.54, 1.807) is 6.07 Å². The Labute approximate surface area is 126 Å². The average Bonchev–Trinajstić information content (AvgIpc) is 2.45. The van der Waals surface area contributed by atoms with Crippen molar-refractivity contribution in [1.29, 1.82) is 0 Å². The highest BCUT2D eigenvalue weighted by molar-refractivity contribution is 7.89. The van der Waals surface area contributed by atoms with Gasteiger partial charge in [0.15, 0.2) is 0 Å². The van der Waals surface area contributed by atoms with E-state index in [2.05, 4.69) is 4.74 Å². The third-order valence-electron chi connectivity index (χ3n) is 2.61. The van der Waals surface area contributed by atoms with E-state index in [9.17, 15) is 13.2 Å². The van der Waals surface area contributed by atoms with Gasteiger partial charge >= 0.3 is 5.97 Å². The molecule has 120 valence electrons. The van der Waals surface area contributed by atoms with Crippen LogP contribution in [0.25, 0.3) is 0 Å². The minimum atomic E-state index is -3.96. The molecular weight excluding hydrogens is 292 g/mol. The monoisotopic (exact) mass is 316 g/mol. The first-order valence-electron chi connectivity index (χ1n) is 6.64. The average molecular weight is 316 g/mol. The van der Waals surface area contributed by atoms with Crippen molar-refractivity contribution in [3.63, 3.8) is 0 Å². The summed E-state index contributed by atoms with van der Waals surface area (Å²) in [4.78, 5) is 13.3. The quantitative estimate of drug-likeness (QED) is 0.826. The number of sulfonamides is 1. The van der Waals surface area contributed by atoms with Crippen molar-refractivity contribution in [2.24, 2.45) is 5.14 Å². The Morgan fingerprint density at radius 2 is 1.86 bits per heavy atom. The number of carbonyl (C=O) groups excluding carboxylic acids is 1. The Kier molecular flexibility index (Phi) is 8.16. The summed E-state index contributed by atoms with van der Waals surface area (Å²) < 4.78 is 27.6. The van der Waals surface area contributed by atoms with Crippen molar-refractivity contribution in [3.05, 3.63) is 29.3 Å². The SMILES string of the molecule is CC.COC(=O)c1ccc(CCN(C)C)cc1S(N)(=O)=O. The molecule has 1 aromatic rings. The van der Waals surface area contributed by atoms with Crippen LogP contribution < -0.4 is 5.14 Å². The van der Waals surface area contributed by atoms with E-state index in [4.69, 9.17) is 5.14 Å². The molecule has 2 N–H and O–H groups in total. The first-order chi connectivity index (χ1) is 9.75. The second kappa shape index (κ2) is 8.76. The Balaban J connectivity index is 0.00000191. The molecule has 0 radical (unpaired) electrons. The molecule has 1 rings (SSSR count). The Morgan fingerprint density at radius 1 is 1.29 bits per heavy atom. The first-order valence-corrected chi connectivity index (χ1v) is 8.19. The smallest absolute Gasteiger partial charge is 0.339 e. The van der Waals surface area contributed by atoms with Crippen LogP contribution in [-0.2, 0) is 21.2 Å². The standard InChI is InChI=1S/C12H18N2O4S.C2H6/c1-14(2)7-6-9-4-5-10(12(15)18-3)11(8-9)19(13,16)17;1-2/h4-5,8H,6-7H2,1-3H3,(H2,13,16,17);1-2H3. The molecular formula is C14H24N2O4S. The zero-order chi connectivity index (χ0) is 16.6. The van der Waals surface area contributed by atoms with Crippen LogP contribution in [-0.4, -0.2) is 47.0 Å². The van der Waals surface area contributed by atoms with Crippen LogP contribution in [0.4, 0.5) is 0 Å². The topological polar surface area (TPSA) is 89.7 Å². The molecule has 21 heavy (non-hydrogen) atoms. The lowest BCUT2D eigenvalue weighted by molar-refractivity contribution is 0.0596. The van der Waals surface area contributed by atoms with Gasteiger partial charge in [-0.25, -0.2) is 18.4 Å². The Bertz CT molecular complexity index is 568. The fourth-order valence-electron chi connectivity index (χ4n) is 1.59. The van der Waals surface area contributed by atoms with Crippen molar-refractivity contribution < 1.29 is 17.9 Å². The maximum Gasteiger partial charge on any atom is 0.339 e. The number of benzene rings is 1. The number of carbonyl (C=O) groups is 1. The maximum absolute atomic E-state index is 11.5. The third-order valence-corrected chi connectivity index (χ3v) is 3.56.